The number of pyridine rings is 1. The number of aromatic amines is 1. The summed E-state index contributed by atoms with van der Waals surface area (Å²) in [5, 5.41) is 9.78. The molecule has 22 heavy (non-hydrogen) atoms. The number of hydrogen-bond acceptors (Lipinski definition) is 4. The molecule has 2 N–H and O–H groups in total. The molecule has 2 aromatic heterocycles. The normalized spacial score (nSPS) is 21.3. The number of nitrogens with one attached hydrogen (secondary N) is 2. The van der Waals surface area contributed by atoms with Gasteiger partial charge in [-0.3, -0.25) is 14.9 Å². The zero-order valence-electron chi connectivity index (χ0n) is 12.6. The Labute approximate surface area is 129 Å². The Kier molecular flexibility index (Phi) is 4.37. The summed E-state index contributed by atoms with van der Waals surface area (Å²) in [5.74, 6) is 0.828. The number of nitrogens with zero attached hydrogens (tertiary/aromatic N) is 2. The number of aromatic nitrogens is 3. The molecule has 0 spiro atoms. The van der Waals surface area contributed by atoms with Gasteiger partial charge < -0.3 is 10.1 Å². The molecule has 0 radical (unpaired) electrons. The van der Waals surface area contributed by atoms with Gasteiger partial charge in [0, 0.05) is 19.2 Å². The quantitative estimate of drug-likeness (QED) is 0.908. The highest BCUT2D eigenvalue weighted by molar-refractivity contribution is 5.73. The minimum Gasteiger partial charge on any atom is -0.489 e. The van der Waals surface area contributed by atoms with Crippen LogP contribution in [0.3, 0.4) is 0 Å². The minimum absolute atomic E-state index is 0.0444. The van der Waals surface area contributed by atoms with E-state index in [1.54, 1.807) is 19.3 Å². The Morgan fingerprint density at radius 3 is 2.68 bits per heavy atom. The predicted octanol–water partition coefficient (Wildman–Crippen LogP) is 2.30. The number of carbonyl (C=O) groups excluding carboxylic acids is 1. The lowest BCUT2D eigenvalue weighted by Gasteiger charge is -2.29. The average Bonchev–Trinajstić information content (AvgIpc) is 3.04. The molecule has 1 aliphatic rings. The number of amides is 1. The molecule has 0 aliphatic heterocycles. The lowest BCUT2D eigenvalue weighted by molar-refractivity contribution is -0.120. The molecule has 6 heteroatoms. The average molecular weight is 300 g/mol. The Balaban J connectivity index is 1.53. The lowest BCUT2D eigenvalue weighted by atomic mass is 9.93. The molecule has 2 aromatic rings. The van der Waals surface area contributed by atoms with Crippen LogP contribution < -0.4 is 10.1 Å². The third-order valence-corrected chi connectivity index (χ3v) is 3.90. The monoisotopic (exact) mass is 300 g/mol. The fraction of sp³-hybridized carbons (Fsp3) is 0.438. The first-order valence-electron chi connectivity index (χ1n) is 7.60. The van der Waals surface area contributed by atoms with Crippen molar-refractivity contribution in [2.24, 2.45) is 0 Å². The van der Waals surface area contributed by atoms with E-state index in [4.69, 9.17) is 4.74 Å². The van der Waals surface area contributed by atoms with Crippen LogP contribution in [-0.2, 0) is 4.79 Å². The van der Waals surface area contributed by atoms with Crippen LogP contribution in [-0.4, -0.2) is 33.2 Å². The highest BCUT2D eigenvalue weighted by Crippen LogP contribution is 2.24. The largest absolute Gasteiger partial charge is 0.489 e. The van der Waals surface area contributed by atoms with Crippen molar-refractivity contribution in [2.75, 3.05) is 0 Å². The zero-order chi connectivity index (χ0) is 15.4. The van der Waals surface area contributed by atoms with Gasteiger partial charge >= 0.3 is 0 Å². The summed E-state index contributed by atoms with van der Waals surface area (Å²) >= 11 is 0. The molecule has 1 amide bonds. The summed E-state index contributed by atoms with van der Waals surface area (Å²) < 4.78 is 5.98. The van der Waals surface area contributed by atoms with Gasteiger partial charge in [0.1, 0.15) is 5.75 Å². The van der Waals surface area contributed by atoms with Crippen molar-refractivity contribution >= 4 is 5.91 Å². The summed E-state index contributed by atoms with van der Waals surface area (Å²) in [7, 11) is 0. The first-order valence-corrected chi connectivity index (χ1v) is 7.60. The summed E-state index contributed by atoms with van der Waals surface area (Å²) in [6.07, 6.45) is 7.48. The maximum absolute atomic E-state index is 11.1. The van der Waals surface area contributed by atoms with Crippen LogP contribution in [0.15, 0.2) is 30.6 Å². The second kappa shape index (κ2) is 6.60. The van der Waals surface area contributed by atoms with E-state index < -0.39 is 0 Å². The van der Waals surface area contributed by atoms with E-state index in [0.717, 1.165) is 42.8 Å². The van der Waals surface area contributed by atoms with Crippen molar-refractivity contribution in [1.29, 1.82) is 0 Å². The van der Waals surface area contributed by atoms with Crippen molar-refractivity contribution in [3.8, 4) is 17.1 Å². The second-order valence-corrected chi connectivity index (χ2v) is 5.64. The van der Waals surface area contributed by atoms with Gasteiger partial charge in [-0.2, -0.15) is 5.10 Å². The van der Waals surface area contributed by atoms with Crippen LogP contribution in [0.5, 0.6) is 5.75 Å². The highest BCUT2D eigenvalue weighted by Gasteiger charge is 2.22. The summed E-state index contributed by atoms with van der Waals surface area (Å²) in [6.45, 7) is 1.56. The summed E-state index contributed by atoms with van der Waals surface area (Å²) in [6, 6.07) is 6.03. The van der Waals surface area contributed by atoms with E-state index in [1.165, 1.54) is 0 Å². The fourth-order valence-corrected chi connectivity index (χ4v) is 2.81. The molecular formula is C16H20N4O2. The number of carbonyl (C=O) groups is 1. The van der Waals surface area contributed by atoms with E-state index in [-0.39, 0.29) is 12.0 Å². The molecular weight excluding hydrogens is 280 g/mol. The Hall–Kier alpha value is -2.37. The molecule has 0 atom stereocenters. The minimum atomic E-state index is 0.0444. The van der Waals surface area contributed by atoms with E-state index in [9.17, 15) is 4.79 Å². The van der Waals surface area contributed by atoms with Crippen molar-refractivity contribution in [3.63, 3.8) is 0 Å². The molecule has 1 aliphatic carbocycles. The summed E-state index contributed by atoms with van der Waals surface area (Å²) in [5.41, 5.74) is 1.74. The van der Waals surface area contributed by atoms with Crippen LogP contribution in [0.4, 0.5) is 0 Å². The highest BCUT2D eigenvalue weighted by atomic mass is 16.5. The Morgan fingerprint density at radius 2 is 2.09 bits per heavy atom. The fourth-order valence-electron chi connectivity index (χ4n) is 2.81. The number of rotatable bonds is 4. The molecule has 0 bridgehead atoms. The predicted molar refractivity (Wildman–Crippen MR) is 82.3 cm³/mol. The smallest absolute Gasteiger partial charge is 0.217 e. The van der Waals surface area contributed by atoms with Crippen LogP contribution in [0, 0.1) is 0 Å². The third kappa shape index (κ3) is 3.63. The topological polar surface area (TPSA) is 79.9 Å². The Bertz CT molecular complexity index is 602. The van der Waals surface area contributed by atoms with Gasteiger partial charge in [0.15, 0.2) is 0 Å². The maximum Gasteiger partial charge on any atom is 0.217 e. The summed E-state index contributed by atoms with van der Waals surface area (Å²) in [4.78, 5) is 15.4. The van der Waals surface area contributed by atoms with E-state index in [0.29, 0.717) is 6.04 Å². The zero-order valence-corrected chi connectivity index (χ0v) is 12.6. The van der Waals surface area contributed by atoms with Gasteiger partial charge in [0.2, 0.25) is 5.91 Å². The molecule has 3 rings (SSSR count). The molecule has 0 aromatic carbocycles. The first-order chi connectivity index (χ1) is 10.7. The molecule has 6 nitrogen and oxygen atoms in total. The van der Waals surface area contributed by atoms with Gasteiger partial charge in [0.05, 0.1) is 23.7 Å². The van der Waals surface area contributed by atoms with Gasteiger partial charge in [-0.1, -0.05) is 0 Å². The Morgan fingerprint density at radius 1 is 1.27 bits per heavy atom. The van der Waals surface area contributed by atoms with Crippen LogP contribution in [0.2, 0.25) is 0 Å². The number of ether oxygens (including phenoxy) is 1. The molecule has 0 saturated heterocycles. The van der Waals surface area contributed by atoms with E-state index in [2.05, 4.69) is 20.5 Å². The second-order valence-electron chi connectivity index (χ2n) is 5.64. The molecule has 1 fully saturated rings. The van der Waals surface area contributed by atoms with Gasteiger partial charge in [-0.05, 0) is 43.9 Å². The molecule has 1 saturated carbocycles. The molecule has 0 unspecified atom stereocenters. The first kappa shape index (κ1) is 14.6. The van der Waals surface area contributed by atoms with Crippen LogP contribution in [0.1, 0.15) is 32.6 Å². The van der Waals surface area contributed by atoms with E-state index >= 15 is 0 Å². The van der Waals surface area contributed by atoms with E-state index in [1.807, 2.05) is 18.2 Å². The standard InChI is InChI=1S/C16H20N4O2/c1-11(21)19-12-2-4-13(5-3-12)22-14-6-7-15(17-10-14)16-8-9-18-20-16/h6-10,12-13H,2-5H2,1H3,(H,18,20)(H,19,21)/t12-,13+. The van der Waals surface area contributed by atoms with Crippen LogP contribution >= 0.6 is 0 Å². The van der Waals surface area contributed by atoms with Crippen LogP contribution in [0.25, 0.3) is 11.4 Å². The molecule has 116 valence electrons. The number of hydrogen-bond donors (Lipinski definition) is 2. The van der Waals surface area contributed by atoms with Gasteiger partial charge in [0.25, 0.3) is 0 Å². The maximum atomic E-state index is 11.1. The van der Waals surface area contributed by atoms with Crippen molar-refractivity contribution < 1.29 is 9.53 Å². The van der Waals surface area contributed by atoms with Crippen molar-refractivity contribution in [1.82, 2.24) is 20.5 Å². The van der Waals surface area contributed by atoms with Gasteiger partial charge in [-0.15, -0.1) is 0 Å². The molecule has 2 heterocycles. The van der Waals surface area contributed by atoms with Crippen molar-refractivity contribution in [2.45, 2.75) is 44.8 Å². The van der Waals surface area contributed by atoms with Crippen molar-refractivity contribution in [3.05, 3.63) is 30.6 Å². The lowest BCUT2D eigenvalue weighted by Crippen LogP contribution is -2.38. The van der Waals surface area contributed by atoms with Gasteiger partial charge in [-0.25, -0.2) is 0 Å². The number of H-pyrrole nitrogens is 1. The SMILES string of the molecule is CC(=O)N[C@H]1CC[C@@H](Oc2ccc(-c3ccn[nH]3)nc2)CC1. The third-order valence-electron chi connectivity index (χ3n) is 3.90.